The predicted octanol–water partition coefficient (Wildman–Crippen LogP) is 1.03. The molecule has 0 saturated carbocycles. The van der Waals surface area contributed by atoms with Gasteiger partial charge in [-0.3, -0.25) is 4.72 Å². The molecule has 8 heteroatoms. The van der Waals surface area contributed by atoms with Crippen LogP contribution in [0.25, 0.3) is 0 Å². The molecular formula is C11H9ClN2O4S. The number of rotatable bonds is 2. The van der Waals surface area contributed by atoms with Crippen molar-refractivity contribution in [1.82, 2.24) is 4.72 Å². The Balaban J connectivity index is 2.48. The number of esters is 1. The number of methoxy groups -OCH3 is 1. The van der Waals surface area contributed by atoms with Crippen LogP contribution < -0.4 is 4.72 Å². The number of hydrogen-bond donors (Lipinski definition) is 1. The number of carbonyl (C=O) groups is 1. The second-order valence-electron chi connectivity index (χ2n) is 3.61. The first-order valence-electron chi connectivity index (χ1n) is 5.10. The number of halogens is 1. The Kier molecular flexibility index (Phi) is 3.59. The first kappa shape index (κ1) is 13.6. The first-order valence-corrected chi connectivity index (χ1v) is 6.92. The molecule has 1 heterocycles. The van der Waals surface area contributed by atoms with Gasteiger partial charge in [0.15, 0.2) is 0 Å². The summed E-state index contributed by atoms with van der Waals surface area (Å²) in [5, 5.41) is 0.512. The summed E-state index contributed by atoms with van der Waals surface area (Å²) in [6.07, 6.45) is 1.30. The largest absolute Gasteiger partial charge is 0.464 e. The number of carbonyl (C=O) groups excluding carboxylic acids is 1. The lowest BCUT2D eigenvalue weighted by Gasteiger charge is -2.13. The molecule has 0 amide bonds. The van der Waals surface area contributed by atoms with Crippen LogP contribution in [0.3, 0.4) is 0 Å². The number of benzene rings is 1. The van der Waals surface area contributed by atoms with Gasteiger partial charge in [0.25, 0.3) is 0 Å². The average Bonchev–Trinajstić information content (AvgIpc) is 2.36. The maximum absolute atomic E-state index is 11.6. The molecule has 1 N–H and O–H groups in total. The molecule has 1 aromatic carbocycles. The van der Waals surface area contributed by atoms with E-state index in [4.69, 9.17) is 11.6 Å². The Bertz CT molecular complexity index is 677. The van der Waals surface area contributed by atoms with Crippen molar-refractivity contribution < 1.29 is 17.9 Å². The van der Waals surface area contributed by atoms with E-state index in [1.807, 2.05) is 4.72 Å². The fourth-order valence-electron chi connectivity index (χ4n) is 1.45. The quantitative estimate of drug-likeness (QED) is 0.827. The molecule has 0 aromatic heterocycles. The summed E-state index contributed by atoms with van der Waals surface area (Å²) in [6.45, 7) is 0. The predicted molar refractivity (Wildman–Crippen MR) is 70.1 cm³/mol. The van der Waals surface area contributed by atoms with E-state index in [9.17, 15) is 13.2 Å². The van der Waals surface area contributed by atoms with Crippen LogP contribution in [0.15, 0.2) is 40.4 Å². The van der Waals surface area contributed by atoms with Gasteiger partial charge in [0.05, 0.1) is 12.8 Å². The summed E-state index contributed by atoms with van der Waals surface area (Å²) in [4.78, 5) is 11.4. The van der Waals surface area contributed by atoms with Crippen molar-refractivity contribution in [3.05, 3.63) is 46.6 Å². The zero-order chi connectivity index (χ0) is 14.0. The van der Waals surface area contributed by atoms with Crippen LogP contribution >= 0.6 is 11.6 Å². The number of ether oxygens (including phenoxy) is 1. The molecule has 1 aliphatic heterocycles. The lowest BCUT2D eigenvalue weighted by molar-refractivity contribution is -0.136. The fraction of sp³-hybridized carbons (Fsp3) is 0.0909. The molecule has 1 aromatic rings. The summed E-state index contributed by atoms with van der Waals surface area (Å²) in [6, 6.07) is 6.40. The van der Waals surface area contributed by atoms with Crippen molar-refractivity contribution in [2.45, 2.75) is 0 Å². The van der Waals surface area contributed by atoms with Crippen molar-refractivity contribution in [2.75, 3.05) is 7.11 Å². The molecule has 0 saturated heterocycles. The molecule has 0 aliphatic carbocycles. The van der Waals surface area contributed by atoms with Crippen LogP contribution in [0.4, 0.5) is 0 Å². The summed E-state index contributed by atoms with van der Waals surface area (Å²) < 4.78 is 33.1. The SMILES string of the molecule is COC(=O)C1=CC(c2ccc(Cl)cc2)=NS(=O)(=O)N1. The van der Waals surface area contributed by atoms with Crippen LogP contribution in [0.5, 0.6) is 0 Å². The Morgan fingerprint density at radius 1 is 1.32 bits per heavy atom. The smallest absolute Gasteiger partial charge is 0.355 e. The zero-order valence-corrected chi connectivity index (χ0v) is 11.3. The van der Waals surface area contributed by atoms with Crippen molar-refractivity contribution in [3.8, 4) is 0 Å². The van der Waals surface area contributed by atoms with E-state index in [1.54, 1.807) is 24.3 Å². The van der Waals surface area contributed by atoms with Gasteiger partial charge in [0.1, 0.15) is 5.70 Å². The van der Waals surface area contributed by atoms with Crippen molar-refractivity contribution >= 4 is 33.5 Å². The van der Waals surface area contributed by atoms with E-state index in [0.29, 0.717) is 10.6 Å². The van der Waals surface area contributed by atoms with Crippen LogP contribution in [0.2, 0.25) is 5.02 Å². The van der Waals surface area contributed by atoms with E-state index in [0.717, 1.165) is 7.11 Å². The minimum Gasteiger partial charge on any atom is -0.464 e. The molecule has 1 aliphatic rings. The maximum Gasteiger partial charge on any atom is 0.355 e. The van der Waals surface area contributed by atoms with Gasteiger partial charge in [-0.25, -0.2) is 4.79 Å². The highest BCUT2D eigenvalue weighted by atomic mass is 35.5. The van der Waals surface area contributed by atoms with Gasteiger partial charge in [-0.2, -0.15) is 8.42 Å². The summed E-state index contributed by atoms with van der Waals surface area (Å²) in [5.74, 6) is -0.787. The Hall–Kier alpha value is -1.86. The van der Waals surface area contributed by atoms with Crippen LogP contribution in [0, 0.1) is 0 Å². The van der Waals surface area contributed by atoms with Gasteiger partial charge in [-0.1, -0.05) is 23.7 Å². The van der Waals surface area contributed by atoms with Crippen molar-refractivity contribution in [3.63, 3.8) is 0 Å². The van der Waals surface area contributed by atoms with Gasteiger partial charge in [0, 0.05) is 10.6 Å². The molecule has 19 heavy (non-hydrogen) atoms. The van der Waals surface area contributed by atoms with Crippen LogP contribution in [-0.2, 0) is 19.7 Å². The zero-order valence-electron chi connectivity index (χ0n) is 9.75. The van der Waals surface area contributed by atoms with Crippen LogP contribution in [-0.4, -0.2) is 27.2 Å². The number of hydrogen-bond acceptors (Lipinski definition) is 4. The maximum atomic E-state index is 11.6. The lowest BCUT2D eigenvalue weighted by atomic mass is 10.1. The monoisotopic (exact) mass is 300 g/mol. The molecular weight excluding hydrogens is 292 g/mol. The number of nitrogens with one attached hydrogen (secondary N) is 1. The normalized spacial score (nSPS) is 16.9. The van der Waals surface area contributed by atoms with E-state index in [1.165, 1.54) is 6.08 Å². The summed E-state index contributed by atoms with van der Waals surface area (Å²) in [5.41, 5.74) is 0.467. The van der Waals surface area contributed by atoms with Gasteiger partial charge in [0.2, 0.25) is 0 Å². The molecule has 0 fully saturated rings. The van der Waals surface area contributed by atoms with Gasteiger partial charge >= 0.3 is 16.2 Å². The van der Waals surface area contributed by atoms with Crippen molar-refractivity contribution in [1.29, 1.82) is 0 Å². The van der Waals surface area contributed by atoms with Gasteiger partial charge < -0.3 is 4.74 Å². The van der Waals surface area contributed by atoms with Gasteiger partial charge in [-0.05, 0) is 18.2 Å². The minimum atomic E-state index is -3.96. The first-order chi connectivity index (χ1) is 8.91. The molecule has 0 atom stereocenters. The van der Waals surface area contributed by atoms with E-state index in [2.05, 4.69) is 9.13 Å². The second-order valence-corrected chi connectivity index (χ2v) is 5.38. The van der Waals surface area contributed by atoms with E-state index in [-0.39, 0.29) is 11.4 Å². The molecule has 2 rings (SSSR count). The third kappa shape index (κ3) is 3.12. The average molecular weight is 301 g/mol. The molecule has 0 bridgehead atoms. The minimum absolute atomic E-state index is 0.135. The van der Waals surface area contributed by atoms with Crippen LogP contribution in [0.1, 0.15) is 5.56 Å². The molecule has 6 nitrogen and oxygen atoms in total. The van der Waals surface area contributed by atoms with Crippen molar-refractivity contribution in [2.24, 2.45) is 4.40 Å². The standard InChI is InChI=1S/C11H9ClN2O4S/c1-18-11(15)10-6-9(13-19(16,17)14-10)7-2-4-8(12)5-3-7/h2-6,14H,1H3. The Morgan fingerprint density at radius 2 is 1.95 bits per heavy atom. The highest BCUT2D eigenvalue weighted by Crippen LogP contribution is 2.15. The fourth-order valence-corrected chi connectivity index (χ4v) is 2.46. The summed E-state index contributed by atoms with van der Waals surface area (Å²) in [7, 11) is -2.80. The van der Waals surface area contributed by atoms with Gasteiger partial charge in [-0.15, -0.1) is 4.40 Å². The van der Waals surface area contributed by atoms with E-state index < -0.39 is 16.2 Å². The molecule has 100 valence electrons. The van der Waals surface area contributed by atoms with E-state index >= 15 is 0 Å². The highest BCUT2D eigenvalue weighted by molar-refractivity contribution is 7.88. The Morgan fingerprint density at radius 3 is 2.53 bits per heavy atom. The molecule has 0 unspecified atom stereocenters. The molecule has 0 spiro atoms. The number of allylic oxidation sites excluding steroid dienone is 1. The summed E-state index contributed by atoms with van der Waals surface area (Å²) >= 11 is 5.75. The Labute approximate surface area is 114 Å². The molecule has 0 radical (unpaired) electrons. The topological polar surface area (TPSA) is 84.8 Å². The third-order valence-electron chi connectivity index (χ3n) is 2.28. The number of nitrogens with zero attached hydrogens (tertiary/aromatic N) is 1. The second kappa shape index (κ2) is 5.02. The highest BCUT2D eigenvalue weighted by Gasteiger charge is 2.23. The lowest BCUT2D eigenvalue weighted by Crippen LogP contribution is -2.31. The third-order valence-corrected chi connectivity index (χ3v) is 3.45.